The first-order valence-corrected chi connectivity index (χ1v) is 11.3. The van der Waals surface area contributed by atoms with Gasteiger partial charge in [-0.3, -0.25) is 4.98 Å². The molecule has 1 aliphatic rings. The molecule has 4 rings (SSSR count). The molecule has 4 heterocycles. The lowest BCUT2D eigenvalue weighted by Crippen LogP contribution is -2.42. The van der Waals surface area contributed by atoms with Gasteiger partial charge in [0.15, 0.2) is 0 Å². The van der Waals surface area contributed by atoms with Crippen molar-refractivity contribution in [1.82, 2.24) is 24.9 Å². The van der Waals surface area contributed by atoms with Gasteiger partial charge < -0.3 is 25.9 Å². The molecule has 0 atom stereocenters. The van der Waals surface area contributed by atoms with E-state index in [1.807, 2.05) is 24.4 Å². The van der Waals surface area contributed by atoms with Crippen LogP contribution >= 0.6 is 0 Å². The molecular weight excluding hydrogens is 426 g/mol. The maximum atomic E-state index is 6.12. The van der Waals surface area contributed by atoms with Crippen LogP contribution in [0.1, 0.15) is 24.0 Å². The van der Waals surface area contributed by atoms with E-state index in [1.165, 1.54) is 5.01 Å². The predicted octanol–water partition coefficient (Wildman–Crippen LogP) is 2.70. The summed E-state index contributed by atoms with van der Waals surface area (Å²) in [5, 5.41) is 5.65. The molecule has 34 heavy (non-hydrogen) atoms. The number of hydrogen-bond acceptors (Lipinski definition) is 9. The van der Waals surface area contributed by atoms with E-state index in [1.54, 1.807) is 25.6 Å². The van der Waals surface area contributed by atoms with E-state index in [2.05, 4.69) is 56.8 Å². The lowest BCUT2D eigenvalue weighted by Gasteiger charge is -2.35. The molecule has 3 aromatic heterocycles. The Morgan fingerprint density at radius 1 is 1.12 bits per heavy atom. The van der Waals surface area contributed by atoms with Crippen molar-refractivity contribution in [2.24, 2.45) is 11.6 Å². The molecule has 3 aromatic rings. The third kappa shape index (κ3) is 5.44. The molecule has 1 saturated heterocycles. The number of nitrogens with zero attached hydrogens (tertiary/aromatic N) is 6. The zero-order valence-corrected chi connectivity index (χ0v) is 20.1. The van der Waals surface area contributed by atoms with E-state index in [0.717, 1.165) is 59.5 Å². The molecule has 9 heteroatoms. The molecule has 0 spiro atoms. The van der Waals surface area contributed by atoms with Crippen molar-refractivity contribution in [2.45, 2.75) is 18.9 Å². The molecule has 0 radical (unpaired) electrons. The minimum atomic E-state index is 0.490. The summed E-state index contributed by atoms with van der Waals surface area (Å²) in [4.78, 5) is 18.2. The summed E-state index contributed by atoms with van der Waals surface area (Å²) < 4.78 is 0. The van der Waals surface area contributed by atoms with Crippen LogP contribution in [0.25, 0.3) is 22.3 Å². The van der Waals surface area contributed by atoms with Crippen LogP contribution in [0.2, 0.25) is 0 Å². The second-order valence-electron chi connectivity index (χ2n) is 8.89. The minimum absolute atomic E-state index is 0.490. The number of nitrogens with one attached hydrogen (secondary N) is 1. The van der Waals surface area contributed by atoms with Crippen LogP contribution in [0.3, 0.4) is 0 Å². The Labute approximate surface area is 200 Å². The van der Waals surface area contributed by atoms with Crippen LogP contribution in [0.15, 0.2) is 55.6 Å². The van der Waals surface area contributed by atoms with E-state index >= 15 is 0 Å². The van der Waals surface area contributed by atoms with Gasteiger partial charge in [-0.25, -0.2) is 15.8 Å². The topological polar surface area (TPSA) is 112 Å². The van der Waals surface area contributed by atoms with Crippen LogP contribution in [0.5, 0.6) is 0 Å². The summed E-state index contributed by atoms with van der Waals surface area (Å²) in [5.41, 5.74) is 9.94. The smallest absolute Gasteiger partial charge is 0.131 e. The number of rotatable bonds is 7. The number of hydrazine groups is 1. The molecule has 0 aliphatic carbocycles. The monoisotopic (exact) mass is 459 g/mol. The van der Waals surface area contributed by atoms with Crippen LogP contribution in [0, 0.1) is 0 Å². The van der Waals surface area contributed by atoms with Gasteiger partial charge in [0.1, 0.15) is 11.6 Å². The van der Waals surface area contributed by atoms with Gasteiger partial charge in [0.05, 0.1) is 17.4 Å². The third-order valence-corrected chi connectivity index (χ3v) is 6.21. The fraction of sp³-hybridized carbons (Fsp3) is 0.320. The maximum absolute atomic E-state index is 6.12. The standard InChI is InChI=1S/C25H33N9/c1-17(18-5-8-28-25(13-18)34(4)21-6-9-32(2)10-7-21)31-24-12-19-11-20(22(26)16-33(3)27)14-29-23(19)15-30-24/h5,8,11-16,21H,1,6-7,9-10,26-27H2,2-4H3,(H,30,31)/b22-16-. The van der Waals surface area contributed by atoms with Gasteiger partial charge in [-0.2, -0.15) is 0 Å². The van der Waals surface area contributed by atoms with Gasteiger partial charge in [0.2, 0.25) is 0 Å². The Morgan fingerprint density at radius 2 is 1.88 bits per heavy atom. The Bertz CT molecular complexity index is 1200. The van der Waals surface area contributed by atoms with Gasteiger partial charge in [-0.05, 0) is 57.2 Å². The van der Waals surface area contributed by atoms with Crippen molar-refractivity contribution in [3.05, 3.63) is 66.8 Å². The van der Waals surface area contributed by atoms with Crippen LogP contribution < -0.4 is 21.8 Å². The largest absolute Gasteiger partial charge is 0.397 e. The third-order valence-electron chi connectivity index (χ3n) is 6.21. The first-order valence-electron chi connectivity index (χ1n) is 11.3. The summed E-state index contributed by atoms with van der Waals surface area (Å²) in [6.07, 6.45) is 9.19. The lowest BCUT2D eigenvalue weighted by atomic mass is 10.0. The maximum Gasteiger partial charge on any atom is 0.131 e. The van der Waals surface area contributed by atoms with Gasteiger partial charge in [-0.15, -0.1) is 0 Å². The highest BCUT2D eigenvalue weighted by molar-refractivity contribution is 5.85. The number of nitrogens with two attached hydrogens (primary N) is 2. The van der Waals surface area contributed by atoms with E-state index in [4.69, 9.17) is 11.6 Å². The predicted molar refractivity (Wildman–Crippen MR) is 139 cm³/mol. The second kappa shape index (κ2) is 10.1. The van der Waals surface area contributed by atoms with Gasteiger partial charge in [-0.1, -0.05) is 6.58 Å². The van der Waals surface area contributed by atoms with Crippen molar-refractivity contribution in [3.8, 4) is 0 Å². The molecule has 5 N–H and O–H groups in total. The normalized spacial score (nSPS) is 15.4. The number of hydrogen-bond donors (Lipinski definition) is 3. The highest BCUT2D eigenvalue weighted by Gasteiger charge is 2.21. The van der Waals surface area contributed by atoms with Crippen LogP contribution in [-0.4, -0.2) is 65.1 Å². The summed E-state index contributed by atoms with van der Waals surface area (Å²) >= 11 is 0. The molecule has 0 unspecified atom stereocenters. The first kappa shape index (κ1) is 23.5. The van der Waals surface area contributed by atoms with E-state index in [-0.39, 0.29) is 0 Å². The molecule has 1 fully saturated rings. The quantitative estimate of drug-likeness (QED) is 0.362. The summed E-state index contributed by atoms with van der Waals surface area (Å²) in [5.74, 6) is 7.30. The number of fused-ring (bicyclic) bond motifs is 1. The van der Waals surface area contributed by atoms with Gasteiger partial charge in [0.25, 0.3) is 0 Å². The highest BCUT2D eigenvalue weighted by atomic mass is 15.4. The number of likely N-dealkylation sites (tertiary alicyclic amines) is 1. The van der Waals surface area contributed by atoms with Crippen molar-refractivity contribution in [1.29, 1.82) is 0 Å². The number of piperidine rings is 1. The van der Waals surface area contributed by atoms with Gasteiger partial charge >= 0.3 is 0 Å². The molecule has 0 bridgehead atoms. The fourth-order valence-electron chi connectivity index (χ4n) is 4.15. The van der Waals surface area contributed by atoms with Crippen LogP contribution in [0.4, 0.5) is 11.6 Å². The van der Waals surface area contributed by atoms with Gasteiger partial charge in [0, 0.05) is 60.9 Å². The Balaban J connectivity index is 1.51. The Hall–Kier alpha value is -3.69. The van der Waals surface area contributed by atoms with Crippen molar-refractivity contribution in [2.75, 3.05) is 44.4 Å². The first-order chi connectivity index (χ1) is 16.3. The average molecular weight is 460 g/mol. The molecule has 1 aliphatic heterocycles. The zero-order chi connectivity index (χ0) is 24.2. The summed E-state index contributed by atoms with van der Waals surface area (Å²) in [6, 6.07) is 8.42. The second-order valence-corrected chi connectivity index (χ2v) is 8.89. The fourth-order valence-corrected chi connectivity index (χ4v) is 4.15. The molecule has 9 nitrogen and oxygen atoms in total. The zero-order valence-electron chi connectivity index (χ0n) is 20.1. The van der Waals surface area contributed by atoms with Crippen molar-refractivity contribution < 1.29 is 0 Å². The summed E-state index contributed by atoms with van der Waals surface area (Å²) in [7, 11) is 6.01. The van der Waals surface area contributed by atoms with E-state index < -0.39 is 0 Å². The van der Waals surface area contributed by atoms with E-state index in [9.17, 15) is 0 Å². The molecule has 178 valence electrons. The van der Waals surface area contributed by atoms with Crippen molar-refractivity contribution in [3.63, 3.8) is 0 Å². The number of anilines is 2. The average Bonchev–Trinajstić information content (AvgIpc) is 2.83. The Morgan fingerprint density at radius 3 is 2.62 bits per heavy atom. The molecule has 0 amide bonds. The lowest BCUT2D eigenvalue weighted by molar-refractivity contribution is 0.252. The van der Waals surface area contributed by atoms with E-state index in [0.29, 0.717) is 17.6 Å². The number of pyridine rings is 3. The molecular formula is C25H33N9. The molecule has 0 aromatic carbocycles. The highest BCUT2D eigenvalue weighted by Crippen LogP contribution is 2.25. The van der Waals surface area contributed by atoms with Crippen molar-refractivity contribution >= 4 is 33.9 Å². The molecule has 0 saturated carbocycles. The minimum Gasteiger partial charge on any atom is -0.397 e. The Kier molecular flexibility index (Phi) is 6.95. The SMILES string of the molecule is C=C(Nc1cc2cc(/C(N)=C/N(C)N)cnc2cn1)c1ccnc(N(C)C2CCN(C)CC2)c1. The number of aromatic nitrogens is 3. The summed E-state index contributed by atoms with van der Waals surface area (Å²) in [6.45, 7) is 6.45. The van der Waals surface area contributed by atoms with Crippen LogP contribution in [-0.2, 0) is 0 Å².